The standard InChI is InChI=1S/C21H22O/c1-20(2)18(19(22)21(20,3)4)17(15-11-7-5-8-12-15)16-13-9-6-10-14-16/h5-14H,1-4H3. The molecule has 2 aromatic carbocycles. The van der Waals surface area contributed by atoms with Crippen LogP contribution in [0.25, 0.3) is 5.57 Å². The van der Waals surface area contributed by atoms with Crippen LogP contribution in [0.3, 0.4) is 0 Å². The molecule has 0 aromatic heterocycles. The lowest BCUT2D eigenvalue weighted by molar-refractivity contribution is -0.139. The summed E-state index contributed by atoms with van der Waals surface area (Å²) in [6, 6.07) is 20.5. The molecule has 1 heteroatoms. The van der Waals surface area contributed by atoms with Crippen molar-refractivity contribution >= 4 is 11.4 Å². The van der Waals surface area contributed by atoms with Crippen LogP contribution in [0.5, 0.6) is 0 Å². The van der Waals surface area contributed by atoms with Gasteiger partial charge in [-0.15, -0.1) is 0 Å². The van der Waals surface area contributed by atoms with Crippen molar-refractivity contribution in [2.45, 2.75) is 27.7 Å². The Morgan fingerprint density at radius 2 is 1.09 bits per heavy atom. The molecule has 0 aliphatic heterocycles. The number of ketones is 1. The topological polar surface area (TPSA) is 17.1 Å². The van der Waals surface area contributed by atoms with Crippen LogP contribution in [-0.4, -0.2) is 5.78 Å². The van der Waals surface area contributed by atoms with Crippen LogP contribution in [0, 0.1) is 10.8 Å². The van der Waals surface area contributed by atoms with Gasteiger partial charge < -0.3 is 0 Å². The summed E-state index contributed by atoms with van der Waals surface area (Å²) in [5.74, 6) is 0.264. The highest BCUT2D eigenvalue weighted by Crippen LogP contribution is 2.59. The smallest absolute Gasteiger partial charge is 0.166 e. The zero-order chi connectivity index (χ0) is 16.0. The molecular formula is C21H22O. The molecule has 0 spiro atoms. The van der Waals surface area contributed by atoms with Gasteiger partial charge in [-0.1, -0.05) is 88.4 Å². The van der Waals surface area contributed by atoms with Crippen LogP contribution in [-0.2, 0) is 4.79 Å². The lowest BCUT2D eigenvalue weighted by atomic mass is 9.47. The van der Waals surface area contributed by atoms with Gasteiger partial charge in [0, 0.05) is 16.4 Å². The van der Waals surface area contributed by atoms with Crippen LogP contribution in [0.4, 0.5) is 0 Å². The molecule has 1 aliphatic carbocycles. The van der Waals surface area contributed by atoms with Gasteiger partial charge in [-0.05, 0) is 16.7 Å². The van der Waals surface area contributed by atoms with Crippen molar-refractivity contribution in [1.82, 2.24) is 0 Å². The lowest BCUT2D eigenvalue weighted by Crippen LogP contribution is -2.55. The van der Waals surface area contributed by atoms with E-state index >= 15 is 0 Å². The van der Waals surface area contributed by atoms with E-state index in [1.165, 1.54) is 0 Å². The van der Waals surface area contributed by atoms with Gasteiger partial charge in [0.1, 0.15) is 0 Å². The average Bonchev–Trinajstić information content (AvgIpc) is 2.53. The highest BCUT2D eigenvalue weighted by Gasteiger charge is 2.59. The van der Waals surface area contributed by atoms with Gasteiger partial charge in [-0.2, -0.15) is 0 Å². The Labute approximate surface area is 132 Å². The molecule has 0 bridgehead atoms. The second-order valence-electron chi connectivity index (χ2n) is 7.06. The van der Waals surface area contributed by atoms with Crippen molar-refractivity contribution in [3.8, 4) is 0 Å². The van der Waals surface area contributed by atoms with Crippen LogP contribution in [0.1, 0.15) is 38.8 Å². The third-order valence-corrected chi connectivity index (χ3v) is 5.36. The Kier molecular flexibility index (Phi) is 3.32. The van der Waals surface area contributed by atoms with E-state index in [0.29, 0.717) is 0 Å². The summed E-state index contributed by atoms with van der Waals surface area (Å²) in [4.78, 5) is 12.8. The van der Waals surface area contributed by atoms with Crippen molar-refractivity contribution < 1.29 is 4.79 Å². The number of Topliss-reactive ketones (excluding diaryl/α,β-unsaturated/α-hetero) is 1. The second-order valence-corrected chi connectivity index (χ2v) is 7.06. The first-order chi connectivity index (χ1) is 10.4. The summed E-state index contributed by atoms with van der Waals surface area (Å²) in [5, 5.41) is 0. The molecule has 0 unspecified atom stereocenters. The van der Waals surface area contributed by atoms with Gasteiger partial charge in [0.05, 0.1) is 0 Å². The molecule has 2 aromatic rings. The number of benzene rings is 2. The number of rotatable bonds is 2. The molecular weight excluding hydrogens is 268 g/mol. The highest BCUT2D eigenvalue weighted by molar-refractivity contribution is 6.16. The van der Waals surface area contributed by atoms with Crippen molar-refractivity contribution in [3.05, 3.63) is 77.4 Å². The summed E-state index contributed by atoms with van der Waals surface area (Å²) in [7, 11) is 0. The Morgan fingerprint density at radius 3 is 1.45 bits per heavy atom. The molecule has 0 amide bonds. The third-order valence-electron chi connectivity index (χ3n) is 5.36. The number of allylic oxidation sites excluding steroid dienone is 1. The summed E-state index contributed by atoms with van der Waals surface area (Å²) in [5.41, 5.74) is 3.81. The molecule has 1 nitrogen and oxygen atoms in total. The molecule has 0 atom stereocenters. The largest absolute Gasteiger partial charge is 0.294 e. The first-order valence-corrected chi connectivity index (χ1v) is 7.78. The maximum atomic E-state index is 12.8. The minimum atomic E-state index is -0.308. The van der Waals surface area contributed by atoms with E-state index < -0.39 is 0 Å². The predicted octanol–water partition coefficient (Wildman–Crippen LogP) is 5.12. The van der Waals surface area contributed by atoms with Crippen LogP contribution >= 0.6 is 0 Å². The molecule has 1 fully saturated rings. The zero-order valence-electron chi connectivity index (χ0n) is 13.7. The van der Waals surface area contributed by atoms with Gasteiger partial charge >= 0.3 is 0 Å². The fraction of sp³-hybridized carbons (Fsp3) is 0.286. The number of hydrogen-bond donors (Lipinski definition) is 0. The number of carbonyl (C=O) groups is 1. The van der Waals surface area contributed by atoms with Crippen LogP contribution in [0.2, 0.25) is 0 Å². The quantitative estimate of drug-likeness (QED) is 0.701. The highest BCUT2D eigenvalue weighted by atomic mass is 16.1. The molecule has 0 heterocycles. The van der Waals surface area contributed by atoms with Crippen molar-refractivity contribution in [2.75, 3.05) is 0 Å². The van der Waals surface area contributed by atoms with E-state index in [2.05, 4.69) is 38.1 Å². The van der Waals surface area contributed by atoms with Crippen molar-refractivity contribution in [1.29, 1.82) is 0 Å². The second kappa shape index (κ2) is 4.95. The van der Waals surface area contributed by atoms with E-state index in [9.17, 15) is 4.79 Å². The maximum Gasteiger partial charge on any atom is 0.166 e. The van der Waals surface area contributed by atoms with Crippen molar-refractivity contribution in [3.63, 3.8) is 0 Å². The summed E-state index contributed by atoms with van der Waals surface area (Å²) in [6.45, 7) is 8.45. The molecule has 112 valence electrons. The van der Waals surface area contributed by atoms with Crippen LogP contribution < -0.4 is 0 Å². The SMILES string of the molecule is CC1(C)C(=O)C(=C(c2ccccc2)c2ccccc2)C1(C)C. The number of hydrogen-bond acceptors (Lipinski definition) is 1. The fourth-order valence-electron chi connectivity index (χ4n) is 3.22. The van der Waals surface area contributed by atoms with E-state index in [-0.39, 0.29) is 16.6 Å². The summed E-state index contributed by atoms with van der Waals surface area (Å²) < 4.78 is 0. The van der Waals surface area contributed by atoms with E-state index in [0.717, 1.165) is 22.3 Å². The molecule has 1 saturated carbocycles. The van der Waals surface area contributed by atoms with Gasteiger partial charge in [-0.3, -0.25) is 4.79 Å². The summed E-state index contributed by atoms with van der Waals surface area (Å²) >= 11 is 0. The van der Waals surface area contributed by atoms with Crippen molar-refractivity contribution in [2.24, 2.45) is 10.8 Å². The van der Waals surface area contributed by atoms with E-state index in [1.54, 1.807) is 0 Å². The molecule has 3 rings (SSSR count). The van der Waals surface area contributed by atoms with Gasteiger partial charge in [0.2, 0.25) is 0 Å². The molecule has 0 N–H and O–H groups in total. The first-order valence-electron chi connectivity index (χ1n) is 7.78. The van der Waals surface area contributed by atoms with E-state index in [4.69, 9.17) is 0 Å². The van der Waals surface area contributed by atoms with Crippen LogP contribution in [0.15, 0.2) is 66.2 Å². The normalized spacial score (nSPS) is 18.7. The minimum absolute atomic E-state index is 0.134. The Bertz CT molecular complexity index is 692. The fourth-order valence-corrected chi connectivity index (χ4v) is 3.22. The minimum Gasteiger partial charge on any atom is -0.294 e. The molecule has 1 aliphatic rings. The predicted molar refractivity (Wildman–Crippen MR) is 91.5 cm³/mol. The Hall–Kier alpha value is -2.15. The molecule has 22 heavy (non-hydrogen) atoms. The first kappa shape index (κ1) is 14.8. The Morgan fingerprint density at radius 1 is 0.682 bits per heavy atom. The molecule has 0 saturated heterocycles. The average molecular weight is 290 g/mol. The molecule has 0 radical (unpaired) electrons. The summed E-state index contributed by atoms with van der Waals surface area (Å²) in [6.07, 6.45) is 0. The zero-order valence-corrected chi connectivity index (χ0v) is 13.7. The maximum absolute atomic E-state index is 12.8. The Balaban J connectivity index is 2.29. The lowest BCUT2D eigenvalue weighted by Gasteiger charge is -2.53. The third kappa shape index (κ3) is 1.96. The van der Waals surface area contributed by atoms with E-state index in [1.807, 2.05) is 50.2 Å². The van der Waals surface area contributed by atoms with Gasteiger partial charge in [0.15, 0.2) is 5.78 Å². The van der Waals surface area contributed by atoms with Gasteiger partial charge in [-0.25, -0.2) is 0 Å². The monoisotopic (exact) mass is 290 g/mol. The van der Waals surface area contributed by atoms with Gasteiger partial charge in [0.25, 0.3) is 0 Å². The number of carbonyl (C=O) groups excluding carboxylic acids is 1.